The Bertz CT molecular complexity index is 444. The zero-order valence-corrected chi connectivity index (χ0v) is 10.8. The molecule has 5 heteroatoms. The fraction of sp³-hybridized carbons (Fsp3) is 0.538. The fourth-order valence-electron chi connectivity index (χ4n) is 2.36. The maximum atomic E-state index is 11.2. The minimum Gasteiger partial charge on any atom is -0.382 e. The zero-order chi connectivity index (χ0) is 13.1. The van der Waals surface area contributed by atoms with E-state index in [4.69, 9.17) is 0 Å². The Morgan fingerprint density at radius 1 is 1.39 bits per heavy atom. The number of anilines is 2. The van der Waals surface area contributed by atoms with E-state index in [1.807, 2.05) is 6.07 Å². The maximum Gasteiger partial charge on any atom is 0.315 e. The first kappa shape index (κ1) is 12.7. The van der Waals surface area contributed by atoms with E-state index in [2.05, 4.69) is 17.6 Å². The molecular weight excluding hydrogens is 230 g/mol. The lowest BCUT2D eigenvalue weighted by molar-refractivity contribution is -0.383. The van der Waals surface area contributed by atoms with Crippen molar-refractivity contribution in [3.05, 3.63) is 28.3 Å². The molecule has 0 spiro atoms. The molecule has 0 aliphatic heterocycles. The summed E-state index contributed by atoms with van der Waals surface area (Å²) in [6.07, 6.45) is 3.71. The number of nitrogens with zero attached hydrogens (tertiary/aromatic N) is 1. The smallest absolute Gasteiger partial charge is 0.315 e. The Hall–Kier alpha value is -1.78. The summed E-state index contributed by atoms with van der Waals surface area (Å²) < 4.78 is 0. The summed E-state index contributed by atoms with van der Waals surface area (Å²) in [6.45, 7) is 2.10. The first-order valence-corrected chi connectivity index (χ1v) is 6.35. The number of para-hydroxylation sites is 1. The minimum atomic E-state index is -0.332. The lowest BCUT2D eigenvalue weighted by atomic mass is 9.80. The first-order valence-electron chi connectivity index (χ1n) is 6.35. The molecule has 1 aliphatic rings. The van der Waals surface area contributed by atoms with Crippen LogP contribution in [0, 0.1) is 16.0 Å². The zero-order valence-electron chi connectivity index (χ0n) is 10.8. The number of nitro benzene ring substituents is 1. The lowest BCUT2D eigenvalue weighted by Gasteiger charge is -2.32. The van der Waals surface area contributed by atoms with E-state index in [-0.39, 0.29) is 16.7 Å². The molecule has 1 aromatic rings. The minimum absolute atomic E-state index is 0.131. The molecule has 2 N–H and O–H groups in total. The molecular formula is C13H19N3O2. The molecule has 18 heavy (non-hydrogen) atoms. The number of hydrogen-bond acceptors (Lipinski definition) is 4. The van der Waals surface area contributed by atoms with Gasteiger partial charge in [0.05, 0.1) is 4.92 Å². The second kappa shape index (κ2) is 5.25. The SMILES string of the molecule is CNc1cccc(NC(C)C2CCC2)c1[N+](=O)[O-]. The van der Waals surface area contributed by atoms with Crippen molar-refractivity contribution < 1.29 is 4.92 Å². The van der Waals surface area contributed by atoms with Gasteiger partial charge in [-0.2, -0.15) is 0 Å². The molecule has 1 atom stereocenters. The van der Waals surface area contributed by atoms with Gasteiger partial charge in [0.2, 0.25) is 0 Å². The van der Waals surface area contributed by atoms with Gasteiger partial charge in [-0.25, -0.2) is 0 Å². The molecule has 1 saturated carbocycles. The van der Waals surface area contributed by atoms with Crippen LogP contribution in [0.5, 0.6) is 0 Å². The van der Waals surface area contributed by atoms with E-state index in [1.54, 1.807) is 19.2 Å². The molecule has 2 rings (SSSR count). The van der Waals surface area contributed by atoms with Crippen LogP contribution in [0.4, 0.5) is 17.1 Å². The van der Waals surface area contributed by atoms with Crippen LogP contribution in [0.25, 0.3) is 0 Å². The Morgan fingerprint density at radius 3 is 2.56 bits per heavy atom. The highest BCUT2D eigenvalue weighted by Crippen LogP contribution is 2.36. The van der Waals surface area contributed by atoms with Gasteiger partial charge < -0.3 is 10.6 Å². The van der Waals surface area contributed by atoms with E-state index in [0.717, 1.165) is 0 Å². The molecule has 1 aliphatic carbocycles. The van der Waals surface area contributed by atoms with Crippen molar-refractivity contribution in [2.45, 2.75) is 32.2 Å². The van der Waals surface area contributed by atoms with Crippen molar-refractivity contribution in [2.75, 3.05) is 17.7 Å². The lowest BCUT2D eigenvalue weighted by Crippen LogP contribution is -2.31. The molecule has 98 valence electrons. The van der Waals surface area contributed by atoms with Crippen LogP contribution in [0.3, 0.4) is 0 Å². The number of benzene rings is 1. The van der Waals surface area contributed by atoms with Crippen molar-refractivity contribution in [3.63, 3.8) is 0 Å². The van der Waals surface area contributed by atoms with E-state index in [0.29, 0.717) is 17.3 Å². The van der Waals surface area contributed by atoms with E-state index in [9.17, 15) is 10.1 Å². The highest BCUT2D eigenvalue weighted by Gasteiger charge is 2.26. The summed E-state index contributed by atoms with van der Waals surface area (Å²) in [5.74, 6) is 0.642. The normalized spacial score (nSPS) is 16.8. The first-order chi connectivity index (χ1) is 8.63. The third kappa shape index (κ3) is 2.39. The van der Waals surface area contributed by atoms with E-state index < -0.39 is 0 Å². The largest absolute Gasteiger partial charge is 0.382 e. The summed E-state index contributed by atoms with van der Waals surface area (Å²) in [5, 5.41) is 17.3. The number of nitrogens with one attached hydrogen (secondary N) is 2. The average Bonchev–Trinajstić information content (AvgIpc) is 2.25. The van der Waals surface area contributed by atoms with Gasteiger partial charge in [-0.05, 0) is 37.8 Å². The number of hydrogen-bond donors (Lipinski definition) is 2. The van der Waals surface area contributed by atoms with E-state index >= 15 is 0 Å². The summed E-state index contributed by atoms with van der Waals surface area (Å²) in [4.78, 5) is 10.8. The third-order valence-corrected chi connectivity index (χ3v) is 3.73. The Labute approximate surface area is 107 Å². The van der Waals surface area contributed by atoms with Crippen molar-refractivity contribution in [1.82, 2.24) is 0 Å². The monoisotopic (exact) mass is 249 g/mol. The maximum absolute atomic E-state index is 11.2. The molecule has 0 radical (unpaired) electrons. The Balaban J connectivity index is 2.23. The van der Waals surface area contributed by atoms with Crippen LogP contribution in [-0.2, 0) is 0 Å². The second-order valence-electron chi connectivity index (χ2n) is 4.83. The highest BCUT2D eigenvalue weighted by molar-refractivity contribution is 5.76. The molecule has 1 aromatic carbocycles. The molecule has 5 nitrogen and oxygen atoms in total. The van der Waals surface area contributed by atoms with Gasteiger partial charge in [-0.15, -0.1) is 0 Å². The summed E-state index contributed by atoms with van der Waals surface area (Å²) in [7, 11) is 1.70. The number of nitro groups is 1. The van der Waals surface area contributed by atoms with Crippen molar-refractivity contribution in [2.24, 2.45) is 5.92 Å². The molecule has 0 heterocycles. The Morgan fingerprint density at radius 2 is 2.06 bits per heavy atom. The van der Waals surface area contributed by atoms with Crippen LogP contribution in [0.2, 0.25) is 0 Å². The summed E-state index contributed by atoms with van der Waals surface area (Å²) in [5.41, 5.74) is 1.28. The molecule has 1 unspecified atom stereocenters. The van der Waals surface area contributed by atoms with Gasteiger partial charge in [-0.1, -0.05) is 12.5 Å². The molecule has 0 saturated heterocycles. The molecule has 0 bridgehead atoms. The third-order valence-electron chi connectivity index (χ3n) is 3.73. The van der Waals surface area contributed by atoms with Crippen LogP contribution in [0.1, 0.15) is 26.2 Å². The number of rotatable bonds is 5. The van der Waals surface area contributed by atoms with Gasteiger partial charge in [-0.3, -0.25) is 10.1 Å². The summed E-state index contributed by atoms with van der Waals surface area (Å²) in [6, 6.07) is 5.60. The molecule has 0 aromatic heterocycles. The van der Waals surface area contributed by atoms with Gasteiger partial charge in [0.15, 0.2) is 0 Å². The highest BCUT2D eigenvalue weighted by atomic mass is 16.6. The van der Waals surface area contributed by atoms with Crippen LogP contribution < -0.4 is 10.6 Å². The fourth-order valence-corrected chi connectivity index (χ4v) is 2.36. The van der Waals surface area contributed by atoms with E-state index in [1.165, 1.54) is 19.3 Å². The standard InChI is InChI=1S/C13H19N3O2/c1-9(10-5-3-6-10)15-12-8-4-7-11(14-2)13(12)16(17)18/h4,7-10,14-15H,3,5-6H2,1-2H3. The van der Waals surface area contributed by atoms with Gasteiger partial charge in [0.1, 0.15) is 11.4 Å². The average molecular weight is 249 g/mol. The Kier molecular flexibility index (Phi) is 3.69. The van der Waals surface area contributed by atoms with Crippen LogP contribution in [0.15, 0.2) is 18.2 Å². The second-order valence-corrected chi connectivity index (χ2v) is 4.83. The molecule has 0 amide bonds. The van der Waals surface area contributed by atoms with Crippen molar-refractivity contribution in [1.29, 1.82) is 0 Å². The topological polar surface area (TPSA) is 67.2 Å². The predicted octanol–water partition coefficient (Wildman–Crippen LogP) is 3.24. The predicted molar refractivity (Wildman–Crippen MR) is 73.1 cm³/mol. The molecule has 1 fully saturated rings. The van der Waals surface area contributed by atoms with Gasteiger partial charge >= 0.3 is 5.69 Å². The van der Waals surface area contributed by atoms with Crippen molar-refractivity contribution in [3.8, 4) is 0 Å². The van der Waals surface area contributed by atoms with Gasteiger partial charge in [0, 0.05) is 13.1 Å². The summed E-state index contributed by atoms with van der Waals surface area (Å²) >= 11 is 0. The van der Waals surface area contributed by atoms with Crippen LogP contribution in [-0.4, -0.2) is 18.0 Å². The quantitative estimate of drug-likeness (QED) is 0.621. The van der Waals surface area contributed by atoms with Crippen LogP contribution >= 0.6 is 0 Å². The van der Waals surface area contributed by atoms with Gasteiger partial charge in [0.25, 0.3) is 0 Å². The van der Waals surface area contributed by atoms with Crippen molar-refractivity contribution >= 4 is 17.1 Å².